The Bertz CT molecular complexity index is 420. The van der Waals surface area contributed by atoms with Crippen LogP contribution < -0.4 is 10.6 Å². The zero-order valence-corrected chi connectivity index (χ0v) is 9.44. The topological polar surface area (TPSA) is 81.6 Å². The summed E-state index contributed by atoms with van der Waals surface area (Å²) < 4.78 is 0. The number of nitrogens with one attached hydrogen (secondary N) is 2. The lowest BCUT2D eigenvalue weighted by Crippen LogP contribution is -2.47. The highest BCUT2D eigenvalue weighted by Gasteiger charge is 2.21. The normalized spacial score (nSPS) is 20.0. The Morgan fingerprint density at radius 2 is 2.24 bits per heavy atom. The Hall–Kier alpha value is -1.75. The summed E-state index contributed by atoms with van der Waals surface area (Å²) in [6.07, 6.45) is 1.77. The SMILES string of the molecule is O=C1NCCCC1NCc1ccc(O)cc1O. The van der Waals surface area contributed by atoms with Crippen molar-refractivity contribution in [2.45, 2.75) is 25.4 Å². The van der Waals surface area contributed by atoms with Gasteiger partial charge >= 0.3 is 0 Å². The summed E-state index contributed by atoms with van der Waals surface area (Å²) in [7, 11) is 0. The van der Waals surface area contributed by atoms with E-state index in [9.17, 15) is 9.90 Å². The van der Waals surface area contributed by atoms with Crippen LogP contribution >= 0.6 is 0 Å². The van der Waals surface area contributed by atoms with Gasteiger partial charge in [0.15, 0.2) is 0 Å². The van der Waals surface area contributed by atoms with Crippen LogP contribution in [0, 0.1) is 0 Å². The number of piperidine rings is 1. The van der Waals surface area contributed by atoms with Crippen LogP contribution in [0.2, 0.25) is 0 Å². The highest BCUT2D eigenvalue weighted by atomic mass is 16.3. The third kappa shape index (κ3) is 2.88. The molecule has 0 aliphatic carbocycles. The lowest BCUT2D eigenvalue weighted by atomic mass is 10.1. The van der Waals surface area contributed by atoms with Gasteiger partial charge in [-0.3, -0.25) is 4.79 Å². The third-order valence-electron chi connectivity index (χ3n) is 2.89. The van der Waals surface area contributed by atoms with Gasteiger partial charge in [-0.05, 0) is 18.9 Å². The van der Waals surface area contributed by atoms with E-state index < -0.39 is 0 Å². The maximum Gasteiger partial charge on any atom is 0.237 e. The molecule has 1 unspecified atom stereocenters. The van der Waals surface area contributed by atoms with Crippen LogP contribution in [0.4, 0.5) is 0 Å². The number of phenols is 2. The second kappa shape index (κ2) is 5.05. The fourth-order valence-corrected chi connectivity index (χ4v) is 1.90. The molecule has 1 fully saturated rings. The minimum Gasteiger partial charge on any atom is -0.508 e. The van der Waals surface area contributed by atoms with E-state index in [2.05, 4.69) is 10.6 Å². The van der Waals surface area contributed by atoms with Gasteiger partial charge in [-0.2, -0.15) is 0 Å². The van der Waals surface area contributed by atoms with Crippen molar-refractivity contribution >= 4 is 5.91 Å². The Morgan fingerprint density at radius 1 is 1.41 bits per heavy atom. The summed E-state index contributed by atoms with van der Waals surface area (Å²) in [5, 5.41) is 24.6. The molecule has 0 bridgehead atoms. The first-order chi connectivity index (χ1) is 8.16. The van der Waals surface area contributed by atoms with Gasteiger partial charge in [0, 0.05) is 24.7 Å². The summed E-state index contributed by atoms with van der Waals surface area (Å²) in [4.78, 5) is 11.5. The van der Waals surface area contributed by atoms with E-state index in [-0.39, 0.29) is 23.4 Å². The molecule has 5 nitrogen and oxygen atoms in total. The quantitative estimate of drug-likeness (QED) is 0.615. The Kier molecular flexibility index (Phi) is 3.49. The molecule has 17 heavy (non-hydrogen) atoms. The summed E-state index contributed by atoms with van der Waals surface area (Å²) in [5.74, 6) is 0.0740. The largest absolute Gasteiger partial charge is 0.508 e. The number of carbonyl (C=O) groups is 1. The smallest absolute Gasteiger partial charge is 0.237 e. The molecule has 0 radical (unpaired) electrons. The minimum absolute atomic E-state index is 0.00881. The molecule has 1 heterocycles. The number of hydrogen-bond acceptors (Lipinski definition) is 4. The van der Waals surface area contributed by atoms with Crippen molar-refractivity contribution in [1.29, 1.82) is 0 Å². The molecule has 0 saturated carbocycles. The van der Waals surface area contributed by atoms with Crippen LogP contribution in [0.25, 0.3) is 0 Å². The van der Waals surface area contributed by atoms with Gasteiger partial charge in [0.05, 0.1) is 6.04 Å². The van der Waals surface area contributed by atoms with Gasteiger partial charge in [0.1, 0.15) is 11.5 Å². The first kappa shape index (κ1) is 11.7. The highest BCUT2D eigenvalue weighted by Crippen LogP contribution is 2.22. The summed E-state index contributed by atoms with van der Waals surface area (Å²) in [6, 6.07) is 4.24. The molecule has 1 aromatic rings. The Morgan fingerprint density at radius 3 is 2.94 bits per heavy atom. The van der Waals surface area contributed by atoms with E-state index in [1.165, 1.54) is 12.1 Å². The monoisotopic (exact) mass is 236 g/mol. The van der Waals surface area contributed by atoms with E-state index in [0.717, 1.165) is 19.4 Å². The zero-order chi connectivity index (χ0) is 12.3. The molecule has 1 aromatic carbocycles. The van der Waals surface area contributed by atoms with Crippen molar-refractivity contribution in [1.82, 2.24) is 10.6 Å². The molecule has 1 aliphatic rings. The maximum atomic E-state index is 11.5. The Balaban J connectivity index is 1.95. The fourth-order valence-electron chi connectivity index (χ4n) is 1.90. The van der Waals surface area contributed by atoms with Gasteiger partial charge in [-0.1, -0.05) is 6.07 Å². The van der Waals surface area contributed by atoms with Gasteiger partial charge in [-0.15, -0.1) is 0 Å². The van der Waals surface area contributed by atoms with Crippen molar-refractivity contribution in [2.24, 2.45) is 0 Å². The molecular weight excluding hydrogens is 220 g/mol. The molecule has 0 aromatic heterocycles. The summed E-state index contributed by atoms with van der Waals surface area (Å²) in [6.45, 7) is 1.14. The number of rotatable bonds is 3. The molecule has 1 saturated heterocycles. The van der Waals surface area contributed by atoms with E-state index in [1.807, 2.05) is 0 Å². The molecule has 1 aliphatic heterocycles. The van der Waals surface area contributed by atoms with Crippen LogP contribution in [0.3, 0.4) is 0 Å². The van der Waals surface area contributed by atoms with Crippen molar-refractivity contribution in [3.63, 3.8) is 0 Å². The van der Waals surface area contributed by atoms with Crippen LogP contribution in [-0.4, -0.2) is 28.7 Å². The first-order valence-corrected chi connectivity index (χ1v) is 5.69. The Labute approximate surface area is 99.5 Å². The number of phenolic OH excluding ortho intramolecular Hbond substituents is 2. The molecule has 1 amide bonds. The van der Waals surface area contributed by atoms with E-state index in [1.54, 1.807) is 6.07 Å². The van der Waals surface area contributed by atoms with Crippen molar-refractivity contribution < 1.29 is 15.0 Å². The molecule has 92 valence electrons. The molecule has 0 spiro atoms. The number of benzene rings is 1. The number of hydrogen-bond donors (Lipinski definition) is 4. The van der Waals surface area contributed by atoms with Gasteiger partial charge < -0.3 is 20.8 Å². The van der Waals surface area contributed by atoms with Gasteiger partial charge in [0.2, 0.25) is 5.91 Å². The second-order valence-electron chi connectivity index (χ2n) is 4.18. The molecular formula is C12H16N2O3. The summed E-state index contributed by atoms with van der Waals surface area (Å²) >= 11 is 0. The van der Waals surface area contributed by atoms with Crippen LogP contribution in [0.1, 0.15) is 18.4 Å². The average molecular weight is 236 g/mol. The fraction of sp³-hybridized carbons (Fsp3) is 0.417. The molecule has 4 N–H and O–H groups in total. The van der Waals surface area contributed by atoms with Crippen molar-refractivity contribution in [3.05, 3.63) is 23.8 Å². The highest BCUT2D eigenvalue weighted by molar-refractivity contribution is 5.82. The average Bonchev–Trinajstić information content (AvgIpc) is 2.30. The van der Waals surface area contributed by atoms with Crippen LogP contribution in [0.5, 0.6) is 11.5 Å². The first-order valence-electron chi connectivity index (χ1n) is 5.69. The standard InChI is InChI=1S/C12H16N2O3/c15-9-4-3-8(11(16)6-9)7-14-10-2-1-5-13-12(10)17/h3-4,6,10,14-16H,1-2,5,7H2,(H,13,17). The van der Waals surface area contributed by atoms with Gasteiger partial charge in [-0.25, -0.2) is 0 Å². The predicted molar refractivity (Wildman–Crippen MR) is 62.6 cm³/mol. The van der Waals surface area contributed by atoms with E-state index in [4.69, 9.17) is 5.11 Å². The van der Waals surface area contributed by atoms with Crippen molar-refractivity contribution in [2.75, 3.05) is 6.54 Å². The number of carbonyl (C=O) groups excluding carboxylic acids is 1. The van der Waals surface area contributed by atoms with Crippen LogP contribution in [0.15, 0.2) is 18.2 Å². The molecule has 5 heteroatoms. The lowest BCUT2D eigenvalue weighted by Gasteiger charge is -2.23. The van der Waals surface area contributed by atoms with Gasteiger partial charge in [0.25, 0.3) is 0 Å². The lowest BCUT2D eigenvalue weighted by molar-refractivity contribution is -0.124. The minimum atomic E-state index is -0.197. The zero-order valence-electron chi connectivity index (χ0n) is 9.44. The third-order valence-corrected chi connectivity index (χ3v) is 2.89. The van der Waals surface area contributed by atoms with E-state index in [0.29, 0.717) is 12.1 Å². The van der Waals surface area contributed by atoms with Crippen molar-refractivity contribution in [3.8, 4) is 11.5 Å². The molecule has 1 atom stereocenters. The number of amides is 1. The maximum absolute atomic E-state index is 11.5. The molecule has 2 rings (SSSR count). The van der Waals surface area contributed by atoms with Crippen LogP contribution in [-0.2, 0) is 11.3 Å². The number of aromatic hydroxyl groups is 2. The summed E-state index contributed by atoms with van der Waals surface area (Å²) in [5.41, 5.74) is 0.668. The second-order valence-corrected chi connectivity index (χ2v) is 4.18. The van der Waals surface area contributed by atoms with E-state index >= 15 is 0 Å². The predicted octanol–water partition coefficient (Wildman–Crippen LogP) is 0.466.